The molecule has 3 aromatic carbocycles. The van der Waals surface area contributed by atoms with Crippen molar-refractivity contribution in [1.29, 1.82) is 0 Å². The second-order valence-corrected chi connectivity index (χ2v) is 10.7. The Kier molecular flexibility index (Phi) is 9.62. The summed E-state index contributed by atoms with van der Waals surface area (Å²) in [5.41, 5.74) is 7.21. The molecule has 4 amide bonds. The summed E-state index contributed by atoms with van der Waals surface area (Å²) < 4.78 is 11.3. The molecule has 1 fully saturated rings. The van der Waals surface area contributed by atoms with Gasteiger partial charge in [-0.15, -0.1) is 0 Å². The van der Waals surface area contributed by atoms with E-state index in [2.05, 4.69) is 5.32 Å². The number of nitrogens with two attached hydrogens (primary N) is 1. The molecule has 0 aliphatic carbocycles. The van der Waals surface area contributed by atoms with Gasteiger partial charge in [-0.1, -0.05) is 47.5 Å². The van der Waals surface area contributed by atoms with E-state index in [-0.39, 0.29) is 31.6 Å². The van der Waals surface area contributed by atoms with Gasteiger partial charge >= 0.3 is 6.03 Å². The molecule has 4 rings (SSSR count). The van der Waals surface area contributed by atoms with E-state index in [9.17, 15) is 14.4 Å². The highest BCUT2D eigenvalue weighted by molar-refractivity contribution is 6.30. The van der Waals surface area contributed by atoms with Gasteiger partial charge in [-0.3, -0.25) is 9.59 Å². The Bertz CT molecular complexity index is 1400. The van der Waals surface area contributed by atoms with Gasteiger partial charge in [-0.05, 0) is 61.4 Å². The number of carbonyl (C=O) groups is 3. The molecule has 3 aromatic rings. The average Bonchev–Trinajstić information content (AvgIpc) is 2.94. The maximum Gasteiger partial charge on any atom is 0.315 e. The maximum atomic E-state index is 13.9. The van der Waals surface area contributed by atoms with E-state index in [1.54, 1.807) is 59.5 Å². The molecular weight excluding hydrogens is 567 g/mol. The molecule has 0 aromatic heterocycles. The lowest BCUT2D eigenvalue weighted by molar-refractivity contribution is -0.138. The van der Waals surface area contributed by atoms with Crippen LogP contribution in [0.3, 0.4) is 0 Å². The number of primary amides is 1. The number of ether oxygens (including phenoxy) is 2. The van der Waals surface area contributed by atoms with Crippen LogP contribution in [0.5, 0.6) is 11.5 Å². The van der Waals surface area contributed by atoms with Crippen molar-refractivity contribution in [1.82, 2.24) is 15.1 Å². The smallest absolute Gasteiger partial charge is 0.315 e. The number of nitrogens with one attached hydrogen (secondary N) is 1. The quantitative estimate of drug-likeness (QED) is 0.350. The normalized spacial score (nSPS) is 14.9. The first kappa shape index (κ1) is 30.0. The van der Waals surface area contributed by atoms with E-state index >= 15 is 0 Å². The SMILES string of the molecule is COc1ccc(C(=O)NC(c2ccc(Cl)cc2)C(c2ccc(Cl)cc2)N2CCN(C(N)=O)CC2=O)c(OC(C)C)c1. The second kappa shape index (κ2) is 13.1. The predicted octanol–water partition coefficient (Wildman–Crippen LogP) is 5.22. The topological polar surface area (TPSA) is 114 Å². The van der Waals surface area contributed by atoms with Crippen molar-refractivity contribution in [3.05, 3.63) is 93.5 Å². The maximum absolute atomic E-state index is 13.9. The van der Waals surface area contributed by atoms with Crippen molar-refractivity contribution in [3.63, 3.8) is 0 Å². The van der Waals surface area contributed by atoms with Gasteiger partial charge in [0.15, 0.2) is 0 Å². The number of methoxy groups -OCH3 is 1. The molecule has 2 atom stereocenters. The lowest BCUT2D eigenvalue weighted by Gasteiger charge is -2.42. The van der Waals surface area contributed by atoms with Crippen LogP contribution in [0.2, 0.25) is 10.0 Å². The molecule has 0 spiro atoms. The van der Waals surface area contributed by atoms with Crippen LogP contribution in [0.25, 0.3) is 0 Å². The Labute approximate surface area is 249 Å². The second-order valence-electron chi connectivity index (χ2n) is 9.87. The summed E-state index contributed by atoms with van der Waals surface area (Å²) in [6.45, 7) is 4.01. The Morgan fingerprint density at radius 3 is 2.07 bits per heavy atom. The standard InChI is InChI=1S/C30H32Cl2N4O5/c1-18(2)41-25-16-23(40-3)12-13-24(25)29(38)34-27(19-4-8-21(31)9-5-19)28(20-6-10-22(32)11-7-20)36-15-14-35(30(33)39)17-26(36)37/h4-13,16,18,27-28H,14-15,17H2,1-3H3,(H2,33,39)(H,34,38). The van der Waals surface area contributed by atoms with Crippen LogP contribution in [0.4, 0.5) is 4.79 Å². The van der Waals surface area contributed by atoms with Crippen LogP contribution in [-0.2, 0) is 4.79 Å². The number of benzene rings is 3. The molecule has 1 heterocycles. The minimum Gasteiger partial charge on any atom is -0.497 e. The van der Waals surface area contributed by atoms with Crippen LogP contribution < -0.4 is 20.5 Å². The third kappa shape index (κ3) is 7.23. The van der Waals surface area contributed by atoms with Crippen molar-refractivity contribution in [3.8, 4) is 11.5 Å². The van der Waals surface area contributed by atoms with Gasteiger partial charge in [0.05, 0.1) is 30.9 Å². The van der Waals surface area contributed by atoms with E-state index in [0.717, 1.165) is 5.56 Å². The number of amides is 4. The van der Waals surface area contributed by atoms with Crippen molar-refractivity contribution in [2.75, 3.05) is 26.7 Å². The average molecular weight is 600 g/mol. The Morgan fingerprint density at radius 2 is 1.54 bits per heavy atom. The van der Waals surface area contributed by atoms with Gasteiger partial charge in [0.1, 0.15) is 18.0 Å². The molecule has 9 nitrogen and oxygen atoms in total. The number of hydrogen-bond acceptors (Lipinski definition) is 5. The van der Waals surface area contributed by atoms with Crippen molar-refractivity contribution in [2.24, 2.45) is 5.73 Å². The van der Waals surface area contributed by atoms with E-state index in [4.69, 9.17) is 38.4 Å². The van der Waals surface area contributed by atoms with Crippen LogP contribution >= 0.6 is 23.2 Å². The minimum absolute atomic E-state index is 0.175. The molecule has 1 aliphatic rings. The lowest BCUT2D eigenvalue weighted by atomic mass is 9.90. The zero-order valence-corrected chi connectivity index (χ0v) is 24.5. The van der Waals surface area contributed by atoms with Gasteiger partial charge in [0.2, 0.25) is 5.91 Å². The largest absolute Gasteiger partial charge is 0.497 e. The van der Waals surface area contributed by atoms with Crippen LogP contribution in [0.15, 0.2) is 66.7 Å². The number of hydrogen-bond donors (Lipinski definition) is 2. The van der Waals surface area contributed by atoms with Gasteiger partial charge < -0.3 is 30.3 Å². The summed E-state index contributed by atoms with van der Waals surface area (Å²) >= 11 is 12.4. The summed E-state index contributed by atoms with van der Waals surface area (Å²) in [5.74, 6) is 0.186. The predicted molar refractivity (Wildman–Crippen MR) is 157 cm³/mol. The van der Waals surface area contributed by atoms with Crippen LogP contribution in [-0.4, -0.2) is 60.5 Å². The third-order valence-corrected chi connectivity index (χ3v) is 7.25. The fourth-order valence-corrected chi connectivity index (χ4v) is 5.04. The van der Waals surface area contributed by atoms with Gasteiger partial charge in [-0.2, -0.15) is 0 Å². The summed E-state index contributed by atoms with van der Waals surface area (Å²) in [4.78, 5) is 42.2. The summed E-state index contributed by atoms with van der Waals surface area (Å²) in [6.07, 6.45) is -0.193. The number of halogens is 2. The highest BCUT2D eigenvalue weighted by atomic mass is 35.5. The summed E-state index contributed by atoms with van der Waals surface area (Å²) in [5, 5.41) is 4.20. The van der Waals surface area contributed by atoms with Gasteiger partial charge in [0, 0.05) is 29.2 Å². The molecule has 216 valence electrons. The van der Waals surface area contributed by atoms with E-state index in [0.29, 0.717) is 32.7 Å². The molecule has 0 saturated carbocycles. The van der Waals surface area contributed by atoms with E-state index in [1.807, 2.05) is 26.0 Å². The molecule has 1 aliphatic heterocycles. The molecule has 11 heteroatoms. The first-order valence-corrected chi connectivity index (χ1v) is 13.8. The molecule has 1 saturated heterocycles. The molecule has 3 N–H and O–H groups in total. The van der Waals surface area contributed by atoms with Crippen molar-refractivity contribution >= 4 is 41.0 Å². The summed E-state index contributed by atoms with van der Waals surface area (Å²) in [6, 6.07) is 17.1. The molecule has 41 heavy (non-hydrogen) atoms. The summed E-state index contributed by atoms with van der Waals surface area (Å²) in [7, 11) is 1.54. The molecule has 0 radical (unpaired) electrons. The molecular formula is C30H32Cl2N4O5. The Hall–Kier alpha value is -3.95. The molecule has 0 bridgehead atoms. The number of nitrogens with zero attached hydrogens (tertiary/aromatic N) is 2. The van der Waals surface area contributed by atoms with Crippen molar-refractivity contribution < 1.29 is 23.9 Å². The fraction of sp³-hybridized carbons (Fsp3) is 0.300. The van der Waals surface area contributed by atoms with E-state index < -0.39 is 24.0 Å². The fourth-order valence-electron chi connectivity index (χ4n) is 4.78. The van der Waals surface area contributed by atoms with Gasteiger partial charge in [0.25, 0.3) is 5.91 Å². The third-order valence-electron chi connectivity index (χ3n) is 6.74. The lowest BCUT2D eigenvalue weighted by Crippen LogP contribution is -2.56. The number of rotatable bonds is 9. The Balaban J connectivity index is 1.80. The van der Waals surface area contributed by atoms with Gasteiger partial charge in [-0.25, -0.2) is 4.79 Å². The minimum atomic E-state index is -0.723. The highest BCUT2D eigenvalue weighted by Gasteiger charge is 2.38. The zero-order valence-electron chi connectivity index (χ0n) is 23.0. The first-order chi connectivity index (χ1) is 19.6. The zero-order chi connectivity index (χ0) is 29.7. The monoisotopic (exact) mass is 598 g/mol. The van der Waals surface area contributed by atoms with E-state index in [1.165, 1.54) is 12.0 Å². The highest BCUT2D eigenvalue weighted by Crippen LogP contribution is 2.37. The number of piperazine rings is 1. The van der Waals surface area contributed by atoms with Crippen LogP contribution in [0.1, 0.15) is 47.4 Å². The first-order valence-electron chi connectivity index (χ1n) is 13.1. The number of urea groups is 1. The molecule has 2 unspecified atom stereocenters. The Morgan fingerprint density at radius 1 is 0.927 bits per heavy atom. The van der Waals surface area contributed by atoms with Crippen LogP contribution in [0, 0.1) is 0 Å². The number of carbonyl (C=O) groups excluding carboxylic acids is 3. The van der Waals surface area contributed by atoms with Crippen molar-refractivity contribution in [2.45, 2.75) is 32.0 Å².